The third-order valence-corrected chi connectivity index (χ3v) is 0.845. The molecule has 0 aliphatic carbocycles. The molecule has 0 aromatic rings. The first-order chi connectivity index (χ1) is 3.93. The zero-order chi connectivity index (χ0) is 5.82. The lowest BCUT2D eigenvalue weighted by Gasteiger charge is -2.11. The molecule has 1 heterocycles. The fourth-order valence-electron chi connectivity index (χ4n) is 0.477. The minimum absolute atomic E-state index is 0.305. The van der Waals surface area contributed by atoms with Crippen molar-refractivity contribution in [3.05, 3.63) is 0 Å². The Morgan fingerprint density at radius 3 is 2.38 bits per heavy atom. The summed E-state index contributed by atoms with van der Waals surface area (Å²) in [6.07, 6.45) is 0. The van der Waals surface area contributed by atoms with E-state index >= 15 is 0 Å². The van der Waals surface area contributed by atoms with Gasteiger partial charge in [0.05, 0.1) is 13.2 Å². The fourth-order valence-corrected chi connectivity index (χ4v) is 0.477. The van der Waals surface area contributed by atoms with Crippen LogP contribution >= 0.6 is 0 Å². The second-order valence-electron chi connectivity index (χ2n) is 1.48. The van der Waals surface area contributed by atoms with Crippen LogP contribution in [0.5, 0.6) is 0 Å². The number of hydrogen-bond donors (Lipinski definition) is 1. The van der Waals surface area contributed by atoms with Crippen molar-refractivity contribution < 1.29 is 14.7 Å². The highest BCUT2D eigenvalue weighted by atomic mass is 16.7. The Kier molecular flexibility index (Phi) is 1.82. The summed E-state index contributed by atoms with van der Waals surface area (Å²) in [5, 5.41) is 11.0. The maximum absolute atomic E-state index is 8.12. The molecular formula is C4H7NO3. The molecule has 0 spiro atoms. The van der Waals surface area contributed by atoms with Gasteiger partial charge in [0.1, 0.15) is 12.5 Å². The summed E-state index contributed by atoms with van der Waals surface area (Å²) >= 11 is 0. The molecular weight excluding hydrogens is 110 g/mol. The van der Waals surface area contributed by atoms with Gasteiger partial charge in [0.2, 0.25) is 0 Å². The van der Waals surface area contributed by atoms with Gasteiger partial charge in [0, 0.05) is 0 Å². The van der Waals surface area contributed by atoms with Crippen LogP contribution in [0.1, 0.15) is 0 Å². The molecule has 1 aliphatic heterocycles. The molecule has 0 radical (unpaired) electrons. The Morgan fingerprint density at radius 1 is 1.38 bits per heavy atom. The Labute approximate surface area is 46.7 Å². The third-order valence-electron chi connectivity index (χ3n) is 0.845. The first kappa shape index (κ1) is 5.53. The summed E-state index contributed by atoms with van der Waals surface area (Å²) in [5.41, 5.74) is 0.538. The van der Waals surface area contributed by atoms with E-state index in [4.69, 9.17) is 14.7 Å². The highest BCUT2D eigenvalue weighted by molar-refractivity contribution is 5.86. The minimum atomic E-state index is 0.305. The lowest BCUT2D eigenvalue weighted by atomic mass is 10.4. The highest BCUT2D eigenvalue weighted by Gasteiger charge is 2.05. The predicted octanol–water partition coefficient (Wildman–Crippen LogP) is -0.179. The Balaban J connectivity index is 2.33. The van der Waals surface area contributed by atoms with Crippen LogP contribution in [0.3, 0.4) is 0 Å². The smallest absolute Gasteiger partial charge is 0.147 e. The van der Waals surface area contributed by atoms with E-state index in [1.165, 1.54) is 0 Å². The second-order valence-corrected chi connectivity index (χ2v) is 1.48. The monoisotopic (exact) mass is 117 g/mol. The SMILES string of the molecule is ON=C1COCOC1. The molecule has 0 bridgehead atoms. The van der Waals surface area contributed by atoms with Crippen LogP contribution in [0.25, 0.3) is 0 Å². The normalized spacial score (nSPS) is 20.8. The molecule has 1 N–H and O–H groups in total. The van der Waals surface area contributed by atoms with Crippen molar-refractivity contribution in [1.82, 2.24) is 0 Å². The third kappa shape index (κ3) is 1.18. The summed E-state index contributed by atoms with van der Waals surface area (Å²) in [6, 6.07) is 0. The molecule has 46 valence electrons. The number of rotatable bonds is 0. The van der Waals surface area contributed by atoms with Gasteiger partial charge in [-0.05, 0) is 0 Å². The Morgan fingerprint density at radius 2 is 2.00 bits per heavy atom. The quantitative estimate of drug-likeness (QED) is 0.353. The first-order valence-electron chi connectivity index (χ1n) is 2.29. The highest BCUT2D eigenvalue weighted by Crippen LogP contribution is 1.90. The van der Waals surface area contributed by atoms with Crippen LogP contribution in [-0.2, 0) is 9.47 Å². The number of nitrogens with zero attached hydrogens (tertiary/aromatic N) is 1. The summed E-state index contributed by atoms with van der Waals surface area (Å²) in [4.78, 5) is 0. The number of ether oxygens (including phenoxy) is 2. The Hall–Kier alpha value is -0.610. The van der Waals surface area contributed by atoms with E-state index in [-0.39, 0.29) is 0 Å². The van der Waals surface area contributed by atoms with Gasteiger partial charge < -0.3 is 14.7 Å². The summed E-state index contributed by atoms with van der Waals surface area (Å²) < 4.78 is 9.52. The average Bonchev–Trinajstić information content (AvgIpc) is 1.90. The van der Waals surface area contributed by atoms with Gasteiger partial charge in [-0.3, -0.25) is 0 Å². The van der Waals surface area contributed by atoms with E-state index in [0.717, 1.165) is 0 Å². The summed E-state index contributed by atoms with van der Waals surface area (Å²) in [5.74, 6) is 0. The molecule has 0 atom stereocenters. The van der Waals surface area contributed by atoms with E-state index in [0.29, 0.717) is 25.7 Å². The fraction of sp³-hybridized carbons (Fsp3) is 0.750. The van der Waals surface area contributed by atoms with Gasteiger partial charge in [0.15, 0.2) is 0 Å². The zero-order valence-electron chi connectivity index (χ0n) is 4.33. The molecule has 1 saturated heterocycles. The van der Waals surface area contributed by atoms with Crippen LogP contribution in [0.15, 0.2) is 5.16 Å². The van der Waals surface area contributed by atoms with Gasteiger partial charge in [0.25, 0.3) is 0 Å². The van der Waals surface area contributed by atoms with Crippen molar-refractivity contribution in [1.29, 1.82) is 0 Å². The Bertz CT molecular complexity index is 93.5. The molecule has 0 aromatic heterocycles. The molecule has 0 amide bonds. The van der Waals surface area contributed by atoms with E-state index in [2.05, 4.69) is 5.16 Å². The lowest BCUT2D eigenvalue weighted by Crippen LogP contribution is -2.23. The molecule has 8 heavy (non-hydrogen) atoms. The predicted molar refractivity (Wildman–Crippen MR) is 26.0 cm³/mol. The first-order valence-corrected chi connectivity index (χ1v) is 2.29. The van der Waals surface area contributed by atoms with Gasteiger partial charge in [-0.15, -0.1) is 0 Å². The molecule has 1 rings (SSSR count). The van der Waals surface area contributed by atoms with Gasteiger partial charge in [-0.25, -0.2) is 0 Å². The molecule has 4 nitrogen and oxygen atoms in total. The van der Waals surface area contributed by atoms with E-state index in [1.807, 2.05) is 0 Å². The van der Waals surface area contributed by atoms with E-state index in [9.17, 15) is 0 Å². The standard InChI is InChI=1S/C4H7NO3/c6-5-4-1-7-3-8-2-4/h6H,1-3H2. The van der Waals surface area contributed by atoms with Crippen LogP contribution in [0.2, 0.25) is 0 Å². The maximum Gasteiger partial charge on any atom is 0.147 e. The largest absolute Gasteiger partial charge is 0.411 e. The molecule has 0 aromatic carbocycles. The number of hydrogen-bond acceptors (Lipinski definition) is 4. The van der Waals surface area contributed by atoms with Gasteiger partial charge in [-0.1, -0.05) is 5.16 Å². The van der Waals surface area contributed by atoms with Crippen LogP contribution < -0.4 is 0 Å². The summed E-state index contributed by atoms with van der Waals surface area (Å²) in [7, 11) is 0. The zero-order valence-corrected chi connectivity index (χ0v) is 4.33. The average molecular weight is 117 g/mol. The number of oxime groups is 1. The molecule has 4 heteroatoms. The van der Waals surface area contributed by atoms with Gasteiger partial charge >= 0.3 is 0 Å². The van der Waals surface area contributed by atoms with Crippen molar-refractivity contribution in [2.75, 3.05) is 20.0 Å². The minimum Gasteiger partial charge on any atom is -0.411 e. The van der Waals surface area contributed by atoms with E-state index in [1.54, 1.807) is 0 Å². The maximum atomic E-state index is 8.12. The molecule has 0 saturated carbocycles. The van der Waals surface area contributed by atoms with Crippen molar-refractivity contribution in [2.45, 2.75) is 0 Å². The molecule has 0 unspecified atom stereocenters. The van der Waals surface area contributed by atoms with Crippen molar-refractivity contribution in [2.24, 2.45) is 5.16 Å². The second kappa shape index (κ2) is 2.64. The van der Waals surface area contributed by atoms with Gasteiger partial charge in [-0.2, -0.15) is 0 Å². The molecule has 1 fully saturated rings. The topological polar surface area (TPSA) is 51.1 Å². The van der Waals surface area contributed by atoms with Crippen LogP contribution in [0.4, 0.5) is 0 Å². The van der Waals surface area contributed by atoms with Crippen LogP contribution in [0, 0.1) is 0 Å². The molecule has 1 aliphatic rings. The lowest BCUT2D eigenvalue weighted by molar-refractivity contribution is -0.0488. The summed E-state index contributed by atoms with van der Waals surface area (Å²) in [6.45, 7) is 1.08. The van der Waals surface area contributed by atoms with Crippen molar-refractivity contribution in [3.8, 4) is 0 Å². The van der Waals surface area contributed by atoms with E-state index < -0.39 is 0 Å². The van der Waals surface area contributed by atoms with Crippen LogP contribution in [-0.4, -0.2) is 30.9 Å². The van der Waals surface area contributed by atoms with Crippen molar-refractivity contribution in [3.63, 3.8) is 0 Å². The van der Waals surface area contributed by atoms with Crippen molar-refractivity contribution >= 4 is 5.71 Å².